The Morgan fingerprint density at radius 2 is 2.43 bits per heavy atom. The quantitative estimate of drug-likeness (QED) is 0.774. The molecule has 1 rings (SSSR count). The van der Waals surface area contributed by atoms with Crippen molar-refractivity contribution in [1.82, 2.24) is 4.98 Å². The summed E-state index contributed by atoms with van der Waals surface area (Å²) in [6.07, 6.45) is 4.21. The monoisotopic (exact) mass is 211 g/mol. The van der Waals surface area contributed by atoms with Gasteiger partial charge in [-0.15, -0.1) is 11.8 Å². The number of thioether (sulfide) groups is 1. The zero-order valence-electron chi connectivity index (χ0n) is 8.23. The van der Waals surface area contributed by atoms with Crippen molar-refractivity contribution >= 4 is 17.7 Å². The summed E-state index contributed by atoms with van der Waals surface area (Å²) in [5.74, 6) is -1.12. The predicted octanol–water partition coefficient (Wildman–Crippen LogP) is 2.07. The van der Waals surface area contributed by atoms with Crippen LogP contribution >= 0.6 is 11.8 Å². The van der Waals surface area contributed by atoms with Gasteiger partial charge in [-0.05, 0) is 24.3 Å². The van der Waals surface area contributed by atoms with Crippen molar-refractivity contribution in [1.29, 1.82) is 0 Å². The first-order chi connectivity index (χ1) is 6.65. The fourth-order valence-corrected chi connectivity index (χ4v) is 1.76. The van der Waals surface area contributed by atoms with E-state index in [9.17, 15) is 4.79 Å². The molecule has 0 amide bonds. The van der Waals surface area contributed by atoms with Crippen molar-refractivity contribution in [3.05, 3.63) is 23.9 Å². The van der Waals surface area contributed by atoms with Gasteiger partial charge < -0.3 is 5.11 Å². The highest BCUT2D eigenvalue weighted by atomic mass is 32.2. The Bertz CT molecular complexity index is 328. The summed E-state index contributed by atoms with van der Waals surface area (Å²) in [5.41, 5.74) is 1.01. The Labute approximate surface area is 87.6 Å². The molecule has 0 saturated carbocycles. The van der Waals surface area contributed by atoms with Crippen LogP contribution in [0.4, 0.5) is 0 Å². The van der Waals surface area contributed by atoms with Crippen LogP contribution < -0.4 is 0 Å². The number of carbonyl (C=O) groups is 1. The Kier molecular flexibility index (Phi) is 3.95. The molecule has 4 heteroatoms. The lowest BCUT2D eigenvalue weighted by Gasteiger charge is -2.08. The number of carboxylic acids is 1. The molecule has 3 nitrogen and oxygen atoms in total. The molecule has 0 aromatic carbocycles. The van der Waals surface area contributed by atoms with E-state index in [0.717, 1.165) is 10.6 Å². The molecule has 1 unspecified atom stereocenters. The maximum atomic E-state index is 10.7. The Morgan fingerprint density at radius 1 is 1.71 bits per heavy atom. The van der Waals surface area contributed by atoms with Gasteiger partial charge in [-0.25, -0.2) is 4.98 Å². The summed E-state index contributed by atoms with van der Waals surface area (Å²) in [6, 6.07) is 3.77. The highest BCUT2D eigenvalue weighted by Crippen LogP contribution is 2.19. The minimum atomic E-state index is -0.763. The second-order valence-corrected chi connectivity index (χ2v) is 3.91. The van der Waals surface area contributed by atoms with Gasteiger partial charge in [0.2, 0.25) is 0 Å². The van der Waals surface area contributed by atoms with Crippen LogP contribution in [0.2, 0.25) is 0 Å². The molecule has 0 fully saturated rings. The minimum absolute atomic E-state index is 0.356. The Balaban J connectivity index is 2.80. The minimum Gasteiger partial charge on any atom is -0.481 e. The molecular formula is C10H13NO2S. The molecule has 14 heavy (non-hydrogen) atoms. The average Bonchev–Trinajstić information content (AvgIpc) is 2.18. The number of rotatable bonds is 4. The van der Waals surface area contributed by atoms with Crippen LogP contribution in [0.3, 0.4) is 0 Å². The van der Waals surface area contributed by atoms with E-state index in [4.69, 9.17) is 5.11 Å². The highest BCUT2D eigenvalue weighted by Gasteiger charge is 2.13. The van der Waals surface area contributed by atoms with Crippen LogP contribution in [0, 0.1) is 5.92 Å². The van der Waals surface area contributed by atoms with Gasteiger partial charge in [0.1, 0.15) is 0 Å². The molecule has 0 radical (unpaired) electrons. The van der Waals surface area contributed by atoms with E-state index in [1.807, 2.05) is 18.4 Å². The molecule has 1 aromatic rings. The summed E-state index contributed by atoms with van der Waals surface area (Å²) < 4.78 is 0. The fourth-order valence-electron chi connectivity index (χ4n) is 1.18. The first-order valence-electron chi connectivity index (χ1n) is 4.36. The first kappa shape index (κ1) is 11.0. The second kappa shape index (κ2) is 5.00. The van der Waals surface area contributed by atoms with Crippen molar-refractivity contribution in [2.24, 2.45) is 5.92 Å². The number of hydrogen-bond acceptors (Lipinski definition) is 3. The average molecular weight is 211 g/mol. The molecular weight excluding hydrogens is 198 g/mol. The van der Waals surface area contributed by atoms with E-state index >= 15 is 0 Å². The second-order valence-electron chi connectivity index (χ2n) is 3.12. The third-order valence-electron chi connectivity index (χ3n) is 1.99. The number of pyridine rings is 1. The largest absolute Gasteiger partial charge is 0.481 e. The van der Waals surface area contributed by atoms with Crippen LogP contribution in [-0.2, 0) is 11.2 Å². The van der Waals surface area contributed by atoms with Gasteiger partial charge in [-0.1, -0.05) is 13.0 Å². The maximum absolute atomic E-state index is 10.7. The van der Waals surface area contributed by atoms with Crippen molar-refractivity contribution in [3.8, 4) is 0 Å². The molecule has 1 atom stereocenters. The fraction of sp³-hybridized carbons (Fsp3) is 0.400. The van der Waals surface area contributed by atoms with Crippen LogP contribution in [-0.4, -0.2) is 22.3 Å². The zero-order chi connectivity index (χ0) is 10.6. The summed E-state index contributed by atoms with van der Waals surface area (Å²) in [6.45, 7) is 1.71. The third-order valence-corrected chi connectivity index (χ3v) is 2.75. The van der Waals surface area contributed by atoms with Crippen LogP contribution in [0.25, 0.3) is 0 Å². The number of hydrogen-bond donors (Lipinski definition) is 1. The van der Waals surface area contributed by atoms with E-state index < -0.39 is 5.97 Å². The van der Waals surface area contributed by atoms with E-state index in [2.05, 4.69) is 4.98 Å². The molecule has 76 valence electrons. The van der Waals surface area contributed by atoms with Crippen LogP contribution in [0.15, 0.2) is 23.4 Å². The topological polar surface area (TPSA) is 50.2 Å². The van der Waals surface area contributed by atoms with Crippen molar-refractivity contribution in [3.63, 3.8) is 0 Å². The van der Waals surface area contributed by atoms with E-state index in [1.165, 1.54) is 0 Å². The standard InChI is InChI=1S/C10H13NO2S/c1-7(10(12)13)6-8-4-3-5-11-9(8)14-2/h3-5,7H,6H2,1-2H3,(H,12,13). The molecule has 0 aliphatic heterocycles. The van der Waals surface area contributed by atoms with Crippen molar-refractivity contribution < 1.29 is 9.90 Å². The highest BCUT2D eigenvalue weighted by molar-refractivity contribution is 7.98. The van der Waals surface area contributed by atoms with Gasteiger partial charge in [0.15, 0.2) is 0 Å². The molecule has 0 spiro atoms. The maximum Gasteiger partial charge on any atom is 0.306 e. The van der Waals surface area contributed by atoms with Crippen LogP contribution in [0.1, 0.15) is 12.5 Å². The molecule has 0 bridgehead atoms. The van der Waals surface area contributed by atoms with Gasteiger partial charge in [0.05, 0.1) is 10.9 Å². The van der Waals surface area contributed by atoms with Gasteiger partial charge >= 0.3 is 5.97 Å². The van der Waals surface area contributed by atoms with E-state index in [1.54, 1.807) is 24.9 Å². The lowest BCUT2D eigenvalue weighted by Crippen LogP contribution is -2.12. The van der Waals surface area contributed by atoms with E-state index in [0.29, 0.717) is 6.42 Å². The molecule has 0 aliphatic rings. The Hall–Kier alpha value is -1.03. The summed E-state index contributed by atoms with van der Waals surface area (Å²) in [4.78, 5) is 14.9. The van der Waals surface area contributed by atoms with Gasteiger partial charge in [-0.2, -0.15) is 0 Å². The molecule has 0 aliphatic carbocycles. The molecule has 1 aromatic heterocycles. The molecule has 0 saturated heterocycles. The van der Waals surface area contributed by atoms with Crippen molar-refractivity contribution in [2.45, 2.75) is 18.4 Å². The first-order valence-corrected chi connectivity index (χ1v) is 5.58. The summed E-state index contributed by atoms with van der Waals surface area (Å²) >= 11 is 1.55. The summed E-state index contributed by atoms with van der Waals surface area (Å²) in [7, 11) is 0. The summed E-state index contributed by atoms with van der Waals surface area (Å²) in [5, 5.41) is 9.70. The predicted molar refractivity (Wildman–Crippen MR) is 56.5 cm³/mol. The smallest absolute Gasteiger partial charge is 0.306 e. The SMILES string of the molecule is CSc1ncccc1CC(C)C(=O)O. The lowest BCUT2D eigenvalue weighted by molar-refractivity contribution is -0.141. The zero-order valence-corrected chi connectivity index (χ0v) is 9.04. The number of nitrogens with zero attached hydrogens (tertiary/aromatic N) is 1. The number of aromatic nitrogens is 1. The van der Waals surface area contributed by atoms with E-state index in [-0.39, 0.29) is 5.92 Å². The van der Waals surface area contributed by atoms with Crippen LogP contribution in [0.5, 0.6) is 0 Å². The molecule has 1 heterocycles. The van der Waals surface area contributed by atoms with Gasteiger partial charge in [0.25, 0.3) is 0 Å². The third kappa shape index (κ3) is 2.73. The normalized spacial score (nSPS) is 12.4. The lowest BCUT2D eigenvalue weighted by atomic mass is 10.0. The molecule has 1 N–H and O–H groups in total. The van der Waals surface area contributed by atoms with Gasteiger partial charge in [-0.3, -0.25) is 4.79 Å². The number of aliphatic carboxylic acids is 1. The Morgan fingerprint density at radius 3 is 3.00 bits per heavy atom. The van der Waals surface area contributed by atoms with Gasteiger partial charge in [0, 0.05) is 6.20 Å². The van der Waals surface area contributed by atoms with Crippen molar-refractivity contribution in [2.75, 3.05) is 6.26 Å². The number of carboxylic acid groups (broad SMARTS) is 1.